The van der Waals surface area contributed by atoms with Gasteiger partial charge in [0.05, 0.1) is 11.5 Å². The molecule has 1 fully saturated rings. The van der Waals surface area contributed by atoms with Crippen molar-refractivity contribution in [1.82, 2.24) is 4.72 Å². The fraction of sp³-hybridized carbons (Fsp3) is 0.562. The van der Waals surface area contributed by atoms with Crippen molar-refractivity contribution < 1.29 is 17.9 Å². The molecule has 2 rings (SSSR count). The Morgan fingerprint density at radius 2 is 1.96 bits per heavy atom. The van der Waals surface area contributed by atoms with Gasteiger partial charge in [0, 0.05) is 12.0 Å². The molecule has 0 bridgehead atoms. The van der Waals surface area contributed by atoms with Crippen molar-refractivity contribution in [1.29, 1.82) is 0 Å². The number of nitrogens with two attached hydrogens (primary N) is 1. The minimum absolute atomic E-state index is 0.136. The van der Waals surface area contributed by atoms with Gasteiger partial charge < -0.3 is 10.5 Å². The van der Waals surface area contributed by atoms with Crippen LogP contribution in [0.2, 0.25) is 0 Å². The standard InChI is InChI=1S/C16H24N2O4S/c1-3-22-15-9-8-14(10-11(15)2)23(20,21)18-13-6-4-12(5-7-13)16(17)19/h8-10,12-13,18H,3-7H2,1-2H3,(H2,17,19). The predicted octanol–water partition coefficient (Wildman–Crippen LogP) is 1.72. The lowest BCUT2D eigenvalue weighted by molar-refractivity contribution is -0.122. The highest BCUT2D eigenvalue weighted by atomic mass is 32.2. The molecule has 0 aliphatic heterocycles. The molecule has 1 amide bonds. The molecule has 7 heteroatoms. The van der Waals surface area contributed by atoms with E-state index in [0.29, 0.717) is 38.0 Å². The Labute approximate surface area is 137 Å². The second-order valence-electron chi connectivity index (χ2n) is 5.93. The van der Waals surface area contributed by atoms with E-state index in [9.17, 15) is 13.2 Å². The summed E-state index contributed by atoms with van der Waals surface area (Å²) >= 11 is 0. The number of rotatable bonds is 6. The summed E-state index contributed by atoms with van der Waals surface area (Å²) in [6.07, 6.45) is 2.52. The number of primary amides is 1. The third kappa shape index (κ3) is 4.45. The van der Waals surface area contributed by atoms with Crippen LogP contribution in [0.1, 0.15) is 38.2 Å². The molecule has 1 aliphatic carbocycles. The summed E-state index contributed by atoms with van der Waals surface area (Å²) in [5, 5.41) is 0. The Kier molecular flexibility index (Phi) is 5.64. The van der Waals surface area contributed by atoms with Crippen molar-refractivity contribution in [3.05, 3.63) is 23.8 Å². The zero-order chi connectivity index (χ0) is 17.0. The maximum Gasteiger partial charge on any atom is 0.240 e. The van der Waals surface area contributed by atoms with Crippen LogP contribution in [-0.4, -0.2) is 27.0 Å². The van der Waals surface area contributed by atoms with E-state index in [-0.39, 0.29) is 22.8 Å². The van der Waals surface area contributed by atoms with Crippen molar-refractivity contribution in [2.24, 2.45) is 11.7 Å². The van der Waals surface area contributed by atoms with E-state index in [0.717, 1.165) is 5.56 Å². The van der Waals surface area contributed by atoms with Crippen LogP contribution < -0.4 is 15.2 Å². The highest BCUT2D eigenvalue weighted by Crippen LogP contribution is 2.26. The average molecular weight is 340 g/mol. The number of sulfonamides is 1. The molecule has 0 spiro atoms. The molecular weight excluding hydrogens is 316 g/mol. The van der Waals surface area contributed by atoms with Crippen LogP contribution in [0.15, 0.2) is 23.1 Å². The summed E-state index contributed by atoms with van der Waals surface area (Å²) in [4.78, 5) is 11.4. The van der Waals surface area contributed by atoms with Gasteiger partial charge in [0.1, 0.15) is 5.75 Å². The molecule has 1 aromatic rings. The van der Waals surface area contributed by atoms with Gasteiger partial charge in [-0.2, -0.15) is 0 Å². The van der Waals surface area contributed by atoms with Crippen LogP contribution in [0.4, 0.5) is 0 Å². The van der Waals surface area contributed by atoms with Gasteiger partial charge in [-0.15, -0.1) is 0 Å². The summed E-state index contributed by atoms with van der Waals surface area (Å²) in [6, 6.07) is 4.69. The van der Waals surface area contributed by atoms with Crippen LogP contribution >= 0.6 is 0 Å². The van der Waals surface area contributed by atoms with E-state index in [2.05, 4.69) is 4.72 Å². The summed E-state index contributed by atoms with van der Waals surface area (Å²) in [5.74, 6) is 0.255. The molecule has 0 aromatic heterocycles. The van der Waals surface area contributed by atoms with Gasteiger partial charge >= 0.3 is 0 Å². The number of nitrogens with one attached hydrogen (secondary N) is 1. The summed E-state index contributed by atoms with van der Waals surface area (Å²) in [6.45, 7) is 4.24. The minimum Gasteiger partial charge on any atom is -0.494 e. The fourth-order valence-corrected chi connectivity index (χ4v) is 4.28. The summed E-state index contributed by atoms with van der Waals surface area (Å²) in [5.41, 5.74) is 6.08. The molecule has 0 radical (unpaired) electrons. The van der Waals surface area contributed by atoms with Gasteiger partial charge in [0.2, 0.25) is 15.9 Å². The lowest BCUT2D eigenvalue weighted by atomic mass is 9.86. The van der Waals surface area contributed by atoms with Crippen molar-refractivity contribution in [2.75, 3.05) is 6.61 Å². The summed E-state index contributed by atoms with van der Waals surface area (Å²) < 4.78 is 33.1. The van der Waals surface area contributed by atoms with E-state index in [1.54, 1.807) is 18.2 Å². The molecule has 128 valence electrons. The van der Waals surface area contributed by atoms with E-state index in [1.165, 1.54) is 0 Å². The number of hydrogen-bond donors (Lipinski definition) is 2. The second kappa shape index (κ2) is 7.31. The zero-order valence-electron chi connectivity index (χ0n) is 13.5. The van der Waals surface area contributed by atoms with E-state index in [4.69, 9.17) is 10.5 Å². The zero-order valence-corrected chi connectivity index (χ0v) is 14.4. The van der Waals surface area contributed by atoms with E-state index in [1.807, 2.05) is 13.8 Å². The fourth-order valence-electron chi connectivity index (χ4n) is 2.89. The number of hydrogen-bond acceptors (Lipinski definition) is 4. The van der Waals surface area contributed by atoms with E-state index >= 15 is 0 Å². The number of aryl methyl sites for hydroxylation is 1. The first-order valence-electron chi connectivity index (χ1n) is 7.88. The molecule has 0 unspecified atom stereocenters. The average Bonchev–Trinajstić information content (AvgIpc) is 2.49. The lowest BCUT2D eigenvalue weighted by Gasteiger charge is -2.27. The topological polar surface area (TPSA) is 98.5 Å². The van der Waals surface area contributed by atoms with Gasteiger partial charge in [0.25, 0.3) is 0 Å². The Morgan fingerprint density at radius 1 is 1.30 bits per heavy atom. The largest absolute Gasteiger partial charge is 0.494 e. The van der Waals surface area contributed by atoms with Crippen LogP contribution in [-0.2, 0) is 14.8 Å². The number of ether oxygens (including phenoxy) is 1. The van der Waals surface area contributed by atoms with Gasteiger partial charge in [-0.25, -0.2) is 13.1 Å². The van der Waals surface area contributed by atoms with Gasteiger partial charge in [-0.05, 0) is 63.3 Å². The molecular formula is C16H24N2O4S. The summed E-state index contributed by atoms with van der Waals surface area (Å²) in [7, 11) is -3.57. The molecule has 3 N–H and O–H groups in total. The molecule has 1 saturated carbocycles. The van der Waals surface area contributed by atoms with E-state index < -0.39 is 10.0 Å². The quantitative estimate of drug-likeness (QED) is 0.823. The Hall–Kier alpha value is -1.60. The molecule has 0 heterocycles. The molecule has 6 nitrogen and oxygen atoms in total. The lowest BCUT2D eigenvalue weighted by Crippen LogP contribution is -2.39. The van der Waals surface area contributed by atoms with Gasteiger partial charge in [0.15, 0.2) is 0 Å². The normalized spacial score (nSPS) is 21.8. The third-order valence-corrected chi connectivity index (χ3v) is 5.73. The van der Waals surface area contributed by atoms with Gasteiger partial charge in [-0.3, -0.25) is 4.79 Å². The minimum atomic E-state index is -3.57. The van der Waals surface area contributed by atoms with Crippen LogP contribution in [0, 0.1) is 12.8 Å². The Morgan fingerprint density at radius 3 is 2.48 bits per heavy atom. The van der Waals surface area contributed by atoms with Crippen LogP contribution in [0.3, 0.4) is 0 Å². The second-order valence-corrected chi connectivity index (χ2v) is 7.65. The highest BCUT2D eigenvalue weighted by Gasteiger charge is 2.28. The first kappa shape index (κ1) is 17.7. The first-order valence-corrected chi connectivity index (χ1v) is 9.37. The van der Waals surface area contributed by atoms with Crippen molar-refractivity contribution in [3.63, 3.8) is 0 Å². The number of carbonyl (C=O) groups excluding carboxylic acids is 1. The van der Waals surface area contributed by atoms with Crippen molar-refractivity contribution in [3.8, 4) is 5.75 Å². The predicted molar refractivity (Wildman–Crippen MR) is 87.6 cm³/mol. The highest BCUT2D eigenvalue weighted by molar-refractivity contribution is 7.89. The number of carbonyl (C=O) groups is 1. The van der Waals surface area contributed by atoms with Gasteiger partial charge in [-0.1, -0.05) is 0 Å². The smallest absolute Gasteiger partial charge is 0.240 e. The Bertz CT molecular complexity index is 665. The molecule has 1 aromatic carbocycles. The van der Waals surface area contributed by atoms with Crippen molar-refractivity contribution >= 4 is 15.9 Å². The monoisotopic (exact) mass is 340 g/mol. The molecule has 0 saturated heterocycles. The van der Waals surface area contributed by atoms with Crippen LogP contribution in [0.25, 0.3) is 0 Å². The number of amides is 1. The third-order valence-electron chi connectivity index (χ3n) is 4.21. The maximum absolute atomic E-state index is 12.5. The Balaban J connectivity index is 2.05. The number of benzene rings is 1. The maximum atomic E-state index is 12.5. The van der Waals surface area contributed by atoms with Crippen molar-refractivity contribution in [2.45, 2.75) is 50.5 Å². The SMILES string of the molecule is CCOc1ccc(S(=O)(=O)NC2CCC(C(N)=O)CC2)cc1C. The molecule has 0 atom stereocenters. The van der Waals surface area contributed by atoms with Crippen LogP contribution in [0.5, 0.6) is 5.75 Å². The molecule has 23 heavy (non-hydrogen) atoms. The first-order chi connectivity index (χ1) is 10.8. The molecule has 1 aliphatic rings.